The highest BCUT2D eigenvalue weighted by Crippen LogP contribution is 2.22. The molecule has 0 amide bonds. The van der Waals surface area contributed by atoms with Crippen molar-refractivity contribution in [3.63, 3.8) is 0 Å². The summed E-state index contributed by atoms with van der Waals surface area (Å²) in [5, 5.41) is 13.2. The van der Waals surface area contributed by atoms with Crippen LogP contribution in [-0.4, -0.2) is 54.5 Å². The Hall–Kier alpha value is -0.940. The molecule has 3 atom stereocenters. The minimum atomic E-state index is -0.260. The van der Waals surface area contributed by atoms with Gasteiger partial charge in [0, 0.05) is 32.2 Å². The molecule has 1 aliphatic heterocycles. The van der Waals surface area contributed by atoms with Crippen LogP contribution in [0, 0.1) is 5.41 Å². The van der Waals surface area contributed by atoms with Gasteiger partial charge in [0.15, 0.2) is 0 Å². The Bertz CT molecular complexity index is 476. The van der Waals surface area contributed by atoms with Crippen LogP contribution in [0.25, 0.3) is 0 Å². The first-order valence-corrected chi connectivity index (χ1v) is 9.15. The highest BCUT2D eigenvalue weighted by atomic mass is 16.5. The number of benzene rings is 1. The largest absolute Gasteiger partial charge is 0.393 e. The van der Waals surface area contributed by atoms with Crippen LogP contribution in [-0.2, 0) is 11.3 Å². The maximum absolute atomic E-state index is 9.62. The average Bonchev–Trinajstić information content (AvgIpc) is 2.53. The van der Waals surface area contributed by atoms with E-state index in [1.165, 1.54) is 5.56 Å². The lowest BCUT2D eigenvalue weighted by atomic mass is 9.86. The number of nitrogens with one attached hydrogen (secondary N) is 1. The zero-order valence-electron chi connectivity index (χ0n) is 15.7. The molecule has 1 saturated heterocycles. The van der Waals surface area contributed by atoms with Gasteiger partial charge in [0.1, 0.15) is 0 Å². The fraction of sp³-hybridized carbons (Fsp3) is 0.700. The van der Waals surface area contributed by atoms with Crippen molar-refractivity contribution in [2.24, 2.45) is 5.41 Å². The number of rotatable bonds is 8. The Balaban J connectivity index is 1.80. The first-order valence-electron chi connectivity index (χ1n) is 9.15. The van der Waals surface area contributed by atoms with E-state index in [2.05, 4.69) is 61.3 Å². The lowest BCUT2D eigenvalue weighted by Crippen LogP contribution is -2.52. The summed E-state index contributed by atoms with van der Waals surface area (Å²) in [6, 6.07) is 10.9. The van der Waals surface area contributed by atoms with Crippen LogP contribution in [0.1, 0.15) is 39.7 Å². The van der Waals surface area contributed by atoms with E-state index < -0.39 is 0 Å². The number of aliphatic hydroxyl groups is 1. The molecule has 1 aliphatic rings. The van der Waals surface area contributed by atoms with Crippen LogP contribution >= 0.6 is 0 Å². The van der Waals surface area contributed by atoms with Gasteiger partial charge in [-0.15, -0.1) is 0 Å². The monoisotopic (exact) mass is 334 g/mol. The van der Waals surface area contributed by atoms with Crippen molar-refractivity contribution in [2.75, 3.05) is 26.2 Å². The molecule has 1 aromatic carbocycles. The first kappa shape index (κ1) is 19.4. The Labute approximate surface area is 147 Å². The quantitative estimate of drug-likeness (QED) is 0.767. The fourth-order valence-corrected chi connectivity index (χ4v) is 3.46. The minimum absolute atomic E-state index is 0.0841. The SMILES string of the molecule is CC(O)CC(C)(C)CNC(C)C1CN(Cc2ccccc2)CCO1. The number of ether oxygens (including phenoxy) is 1. The van der Waals surface area contributed by atoms with E-state index in [9.17, 15) is 5.11 Å². The van der Waals surface area contributed by atoms with Crippen LogP contribution < -0.4 is 5.32 Å². The first-order chi connectivity index (χ1) is 11.4. The molecule has 24 heavy (non-hydrogen) atoms. The van der Waals surface area contributed by atoms with E-state index in [-0.39, 0.29) is 17.6 Å². The molecule has 2 rings (SSSR count). The van der Waals surface area contributed by atoms with E-state index in [0.29, 0.717) is 6.04 Å². The molecular formula is C20H34N2O2. The molecule has 0 spiro atoms. The van der Waals surface area contributed by atoms with Crippen LogP contribution in [0.5, 0.6) is 0 Å². The molecule has 0 aliphatic carbocycles. The zero-order chi connectivity index (χ0) is 17.6. The number of aliphatic hydroxyl groups excluding tert-OH is 1. The summed E-state index contributed by atoms with van der Waals surface area (Å²) in [6.45, 7) is 13.1. The lowest BCUT2D eigenvalue weighted by molar-refractivity contribution is -0.0474. The molecule has 136 valence electrons. The lowest BCUT2D eigenvalue weighted by Gasteiger charge is -2.37. The number of hydrogen-bond donors (Lipinski definition) is 2. The molecule has 0 aromatic heterocycles. The van der Waals surface area contributed by atoms with Crippen molar-refractivity contribution < 1.29 is 9.84 Å². The second kappa shape index (κ2) is 8.95. The third kappa shape index (κ3) is 6.52. The smallest absolute Gasteiger partial charge is 0.0852 e. The molecule has 4 heteroatoms. The summed E-state index contributed by atoms with van der Waals surface area (Å²) in [5.74, 6) is 0. The molecule has 0 bridgehead atoms. The van der Waals surface area contributed by atoms with Gasteiger partial charge in [-0.3, -0.25) is 4.90 Å². The van der Waals surface area contributed by atoms with Crippen LogP contribution in [0.3, 0.4) is 0 Å². The fourth-order valence-electron chi connectivity index (χ4n) is 3.46. The van der Waals surface area contributed by atoms with E-state index in [1.54, 1.807) is 0 Å². The van der Waals surface area contributed by atoms with Gasteiger partial charge in [-0.25, -0.2) is 0 Å². The van der Waals surface area contributed by atoms with Gasteiger partial charge in [-0.05, 0) is 31.2 Å². The number of nitrogens with zero attached hydrogens (tertiary/aromatic N) is 1. The van der Waals surface area contributed by atoms with Crippen molar-refractivity contribution in [3.8, 4) is 0 Å². The molecule has 3 unspecified atom stereocenters. The molecule has 4 nitrogen and oxygen atoms in total. The third-order valence-corrected chi connectivity index (χ3v) is 4.73. The predicted molar refractivity (Wildman–Crippen MR) is 99.0 cm³/mol. The van der Waals surface area contributed by atoms with E-state index in [4.69, 9.17) is 4.74 Å². The maximum atomic E-state index is 9.62. The van der Waals surface area contributed by atoms with Crippen molar-refractivity contribution in [2.45, 2.75) is 58.9 Å². The van der Waals surface area contributed by atoms with Crippen LogP contribution in [0.15, 0.2) is 30.3 Å². The van der Waals surface area contributed by atoms with E-state index >= 15 is 0 Å². The van der Waals surface area contributed by atoms with Crippen LogP contribution in [0.2, 0.25) is 0 Å². The third-order valence-electron chi connectivity index (χ3n) is 4.73. The minimum Gasteiger partial charge on any atom is -0.393 e. The van der Waals surface area contributed by atoms with Crippen molar-refractivity contribution >= 4 is 0 Å². The van der Waals surface area contributed by atoms with Crippen molar-refractivity contribution in [1.29, 1.82) is 0 Å². The normalized spacial score (nSPS) is 22.3. The van der Waals surface area contributed by atoms with Gasteiger partial charge in [-0.2, -0.15) is 0 Å². The van der Waals surface area contributed by atoms with Crippen LogP contribution in [0.4, 0.5) is 0 Å². The second-order valence-electron chi connectivity index (χ2n) is 8.02. The molecule has 1 aromatic rings. The van der Waals surface area contributed by atoms with Gasteiger partial charge in [0.25, 0.3) is 0 Å². The summed E-state index contributed by atoms with van der Waals surface area (Å²) in [5.41, 5.74) is 1.44. The molecule has 1 heterocycles. The van der Waals surface area contributed by atoms with Gasteiger partial charge in [0.2, 0.25) is 0 Å². The summed E-state index contributed by atoms with van der Waals surface area (Å²) in [7, 11) is 0. The number of hydrogen-bond acceptors (Lipinski definition) is 4. The Morgan fingerprint density at radius 1 is 1.29 bits per heavy atom. The van der Waals surface area contributed by atoms with Gasteiger partial charge in [0.05, 0.1) is 18.8 Å². The van der Waals surface area contributed by atoms with Gasteiger partial charge < -0.3 is 15.2 Å². The summed E-state index contributed by atoms with van der Waals surface area (Å²) < 4.78 is 6.00. The summed E-state index contributed by atoms with van der Waals surface area (Å²) >= 11 is 0. The maximum Gasteiger partial charge on any atom is 0.0852 e. The zero-order valence-corrected chi connectivity index (χ0v) is 15.7. The molecular weight excluding hydrogens is 300 g/mol. The number of morpholine rings is 1. The Kier molecular flexibility index (Phi) is 7.23. The predicted octanol–water partition coefficient (Wildman–Crippen LogP) is 2.66. The van der Waals surface area contributed by atoms with E-state index in [0.717, 1.165) is 39.2 Å². The van der Waals surface area contributed by atoms with E-state index in [1.807, 2.05) is 6.92 Å². The van der Waals surface area contributed by atoms with Gasteiger partial charge >= 0.3 is 0 Å². The highest BCUT2D eigenvalue weighted by Gasteiger charge is 2.27. The topological polar surface area (TPSA) is 44.7 Å². The molecule has 0 radical (unpaired) electrons. The molecule has 1 fully saturated rings. The Morgan fingerprint density at radius 2 is 2.00 bits per heavy atom. The molecule has 0 saturated carbocycles. The van der Waals surface area contributed by atoms with Crippen molar-refractivity contribution in [1.82, 2.24) is 10.2 Å². The second-order valence-corrected chi connectivity index (χ2v) is 8.02. The highest BCUT2D eigenvalue weighted by molar-refractivity contribution is 5.14. The summed E-state index contributed by atoms with van der Waals surface area (Å²) in [4.78, 5) is 2.47. The van der Waals surface area contributed by atoms with Crippen molar-refractivity contribution in [3.05, 3.63) is 35.9 Å². The Morgan fingerprint density at radius 3 is 2.67 bits per heavy atom. The van der Waals surface area contributed by atoms with Gasteiger partial charge in [-0.1, -0.05) is 44.2 Å². The summed E-state index contributed by atoms with van der Waals surface area (Å²) in [6.07, 6.45) is 0.757. The average molecular weight is 335 g/mol. The standard InChI is InChI=1S/C20H34N2O2/c1-16(23)12-20(3,4)15-21-17(2)19-14-22(10-11-24-19)13-18-8-6-5-7-9-18/h5-9,16-17,19,21,23H,10-15H2,1-4H3. The molecule has 2 N–H and O–H groups in total.